The highest BCUT2D eigenvalue weighted by Gasteiger charge is 2.31. The Hall–Kier alpha value is -1.84. The molecule has 0 spiro atoms. The van der Waals surface area contributed by atoms with Crippen LogP contribution in [-0.2, 0) is 9.59 Å². The van der Waals surface area contributed by atoms with E-state index in [0.29, 0.717) is 25.3 Å². The fraction of sp³-hybridized carbons (Fsp3) is 0.467. The molecule has 0 bridgehead atoms. The van der Waals surface area contributed by atoms with E-state index in [4.69, 9.17) is 0 Å². The number of hydrogen-bond acceptors (Lipinski definition) is 2. The van der Waals surface area contributed by atoms with Crippen molar-refractivity contribution in [1.29, 1.82) is 0 Å². The lowest BCUT2D eigenvalue weighted by Gasteiger charge is -2.17. The van der Waals surface area contributed by atoms with Gasteiger partial charge in [0.25, 0.3) is 0 Å². The number of benzene rings is 1. The third-order valence-electron chi connectivity index (χ3n) is 3.15. The number of nitrogens with one attached hydrogen (secondary N) is 1. The first-order chi connectivity index (χ1) is 9.06. The second-order valence-corrected chi connectivity index (χ2v) is 5.41. The fourth-order valence-corrected chi connectivity index (χ4v) is 2.32. The van der Waals surface area contributed by atoms with Crippen LogP contribution in [0, 0.1) is 5.92 Å². The minimum atomic E-state index is -0.0704. The van der Waals surface area contributed by atoms with E-state index in [1.165, 1.54) is 0 Å². The SMILES string of the molecule is CC(C)CC(=O)N[C@H]1CC(=O)N(c2ccccc2)C1. The predicted molar refractivity (Wildman–Crippen MR) is 74.8 cm³/mol. The van der Waals surface area contributed by atoms with Crippen LogP contribution in [0.4, 0.5) is 5.69 Å². The summed E-state index contributed by atoms with van der Waals surface area (Å²) in [5, 5.41) is 2.94. The molecule has 4 nitrogen and oxygen atoms in total. The van der Waals surface area contributed by atoms with E-state index in [0.717, 1.165) is 5.69 Å². The molecule has 1 aromatic rings. The molecule has 1 N–H and O–H groups in total. The molecule has 1 heterocycles. The van der Waals surface area contributed by atoms with Crippen LogP contribution >= 0.6 is 0 Å². The van der Waals surface area contributed by atoms with Gasteiger partial charge in [-0.3, -0.25) is 9.59 Å². The minimum Gasteiger partial charge on any atom is -0.351 e. The average Bonchev–Trinajstić information content (AvgIpc) is 2.70. The molecule has 102 valence electrons. The highest BCUT2D eigenvalue weighted by atomic mass is 16.2. The summed E-state index contributed by atoms with van der Waals surface area (Å²) in [6, 6.07) is 9.50. The predicted octanol–water partition coefficient (Wildman–Crippen LogP) is 1.95. The number of hydrogen-bond donors (Lipinski definition) is 1. The monoisotopic (exact) mass is 260 g/mol. The zero-order chi connectivity index (χ0) is 13.8. The van der Waals surface area contributed by atoms with E-state index in [-0.39, 0.29) is 17.9 Å². The molecular formula is C15H20N2O2. The molecule has 1 fully saturated rings. The number of anilines is 1. The summed E-state index contributed by atoms with van der Waals surface area (Å²) in [6.45, 7) is 4.58. The van der Waals surface area contributed by atoms with Crippen LogP contribution < -0.4 is 10.2 Å². The van der Waals surface area contributed by atoms with Gasteiger partial charge in [0, 0.05) is 25.1 Å². The van der Waals surface area contributed by atoms with E-state index < -0.39 is 0 Å². The Morgan fingerprint density at radius 3 is 2.68 bits per heavy atom. The molecule has 2 amide bonds. The molecule has 2 rings (SSSR count). The van der Waals surface area contributed by atoms with Gasteiger partial charge in [0.05, 0.1) is 6.04 Å². The highest BCUT2D eigenvalue weighted by molar-refractivity contribution is 5.96. The maximum absolute atomic E-state index is 12.0. The molecule has 0 aliphatic carbocycles. The van der Waals surface area contributed by atoms with Gasteiger partial charge in [-0.2, -0.15) is 0 Å². The van der Waals surface area contributed by atoms with E-state index in [9.17, 15) is 9.59 Å². The Morgan fingerprint density at radius 1 is 1.37 bits per heavy atom. The second-order valence-electron chi connectivity index (χ2n) is 5.41. The quantitative estimate of drug-likeness (QED) is 0.899. The Kier molecular flexibility index (Phi) is 4.20. The van der Waals surface area contributed by atoms with Crippen LogP contribution in [0.25, 0.3) is 0 Å². The van der Waals surface area contributed by atoms with Gasteiger partial charge < -0.3 is 10.2 Å². The van der Waals surface area contributed by atoms with E-state index >= 15 is 0 Å². The van der Waals surface area contributed by atoms with Gasteiger partial charge in [0.1, 0.15) is 0 Å². The number of rotatable bonds is 4. The number of amides is 2. The zero-order valence-corrected chi connectivity index (χ0v) is 11.4. The normalized spacial score (nSPS) is 19.0. The minimum absolute atomic E-state index is 0.0303. The molecule has 0 aromatic heterocycles. The zero-order valence-electron chi connectivity index (χ0n) is 11.4. The van der Waals surface area contributed by atoms with Gasteiger partial charge in [-0.15, -0.1) is 0 Å². The number of carbonyl (C=O) groups excluding carboxylic acids is 2. The van der Waals surface area contributed by atoms with Crippen LogP contribution in [-0.4, -0.2) is 24.4 Å². The summed E-state index contributed by atoms with van der Waals surface area (Å²) in [7, 11) is 0. The highest BCUT2D eigenvalue weighted by Crippen LogP contribution is 2.21. The first-order valence-corrected chi connectivity index (χ1v) is 6.71. The van der Waals surface area contributed by atoms with Crippen molar-refractivity contribution in [1.82, 2.24) is 5.32 Å². The molecule has 1 aromatic carbocycles. The number of para-hydroxylation sites is 1. The molecule has 0 unspecified atom stereocenters. The standard InChI is InChI=1S/C15H20N2O2/c1-11(2)8-14(18)16-12-9-15(19)17(10-12)13-6-4-3-5-7-13/h3-7,11-12H,8-10H2,1-2H3,(H,16,18)/t12-/m0/s1. The van der Waals surface area contributed by atoms with Crippen molar-refractivity contribution in [3.05, 3.63) is 30.3 Å². The van der Waals surface area contributed by atoms with E-state index in [1.807, 2.05) is 44.2 Å². The average molecular weight is 260 g/mol. The van der Waals surface area contributed by atoms with Crippen LogP contribution in [0.1, 0.15) is 26.7 Å². The van der Waals surface area contributed by atoms with Crippen molar-refractivity contribution < 1.29 is 9.59 Å². The van der Waals surface area contributed by atoms with Gasteiger partial charge in [-0.05, 0) is 18.1 Å². The summed E-state index contributed by atoms with van der Waals surface area (Å²) in [5.74, 6) is 0.436. The maximum atomic E-state index is 12.0. The van der Waals surface area contributed by atoms with Crippen molar-refractivity contribution in [2.24, 2.45) is 5.92 Å². The summed E-state index contributed by atoms with van der Waals surface area (Å²) >= 11 is 0. The molecule has 1 aliphatic rings. The van der Waals surface area contributed by atoms with Crippen molar-refractivity contribution >= 4 is 17.5 Å². The third kappa shape index (κ3) is 3.56. The molecule has 1 aliphatic heterocycles. The fourth-order valence-electron chi connectivity index (χ4n) is 2.32. The topological polar surface area (TPSA) is 49.4 Å². The summed E-state index contributed by atoms with van der Waals surface area (Å²) in [5.41, 5.74) is 0.896. The van der Waals surface area contributed by atoms with Crippen LogP contribution in [0.3, 0.4) is 0 Å². The van der Waals surface area contributed by atoms with Crippen molar-refractivity contribution in [2.75, 3.05) is 11.4 Å². The van der Waals surface area contributed by atoms with E-state index in [1.54, 1.807) is 4.90 Å². The molecule has 1 atom stereocenters. The lowest BCUT2D eigenvalue weighted by Crippen LogP contribution is -2.37. The smallest absolute Gasteiger partial charge is 0.229 e. The first kappa shape index (κ1) is 13.6. The molecule has 19 heavy (non-hydrogen) atoms. The van der Waals surface area contributed by atoms with Crippen LogP contribution in [0.15, 0.2) is 30.3 Å². The van der Waals surface area contributed by atoms with Crippen LogP contribution in [0.5, 0.6) is 0 Å². The van der Waals surface area contributed by atoms with Crippen molar-refractivity contribution in [3.63, 3.8) is 0 Å². The molecule has 1 saturated heterocycles. The maximum Gasteiger partial charge on any atom is 0.229 e. The second kappa shape index (κ2) is 5.87. The molecule has 4 heteroatoms. The van der Waals surface area contributed by atoms with Gasteiger partial charge in [0.15, 0.2) is 0 Å². The van der Waals surface area contributed by atoms with Crippen LogP contribution in [0.2, 0.25) is 0 Å². The Labute approximate surface area is 113 Å². The molecular weight excluding hydrogens is 240 g/mol. The molecule has 0 radical (unpaired) electrons. The molecule has 0 saturated carbocycles. The van der Waals surface area contributed by atoms with Crippen molar-refractivity contribution in [3.8, 4) is 0 Å². The largest absolute Gasteiger partial charge is 0.351 e. The first-order valence-electron chi connectivity index (χ1n) is 6.71. The summed E-state index contributed by atoms with van der Waals surface area (Å²) in [4.78, 5) is 25.4. The van der Waals surface area contributed by atoms with Gasteiger partial charge in [-0.25, -0.2) is 0 Å². The lowest BCUT2D eigenvalue weighted by atomic mass is 10.1. The Morgan fingerprint density at radius 2 is 2.05 bits per heavy atom. The summed E-state index contributed by atoms with van der Waals surface area (Å²) < 4.78 is 0. The number of nitrogens with zero attached hydrogens (tertiary/aromatic N) is 1. The van der Waals surface area contributed by atoms with E-state index in [2.05, 4.69) is 5.32 Å². The van der Waals surface area contributed by atoms with Gasteiger partial charge in [0.2, 0.25) is 11.8 Å². The summed E-state index contributed by atoms with van der Waals surface area (Å²) in [6.07, 6.45) is 0.898. The van der Waals surface area contributed by atoms with Crippen molar-refractivity contribution in [2.45, 2.75) is 32.7 Å². The third-order valence-corrected chi connectivity index (χ3v) is 3.15. The van der Waals surface area contributed by atoms with Gasteiger partial charge >= 0.3 is 0 Å². The Balaban J connectivity index is 1.94. The number of carbonyl (C=O) groups is 2. The van der Waals surface area contributed by atoms with Gasteiger partial charge in [-0.1, -0.05) is 32.0 Å². The Bertz CT molecular complexity index is 456. The lowest BCUT2D eigenvalue weighted by molar-refractivity contribution is -0.122.